The number of rotatable bonds is 4. The summed E-state index contributed by atoms with van der Waals surface area (Å²) < 4.78 is 5.69. The fourth-order valence-electron chi connectivity index (χ4n) is 5.20. The molecule has 3 aliphatic rings. The van der Waals surface area contributed by atoms with Crippen LogP contribution in [0.4, 0.5) is 0 Å². The van der Waals surface area contributed by atoms with E-state index >= 15 is 0 Å². The van der Waals surface area contributed by atoms with Crippen molar-refractivity contribution in [2.75, 3.05) is 13.1 Å². The summed E-state index contributed by atoms with van der Waals surface area (Å²) >= 11 is 0. The van der Waals surface area contributed by atoms with Crippen LogP contribution in [0.3, 0.4) is 0 Å². The zero-order chi connectivity index (χ0) is 18.1. The Hall–Kier alpha value is -0.0800. The molecule has 0 amide bonds. The molecule has 1 aliphatic heterocycles. The zero-order valence-electron chi connectivity index (χ0n) is 17.6. The minimum Gasteiger partial charge on any atom is -0.376 e. The lowest BCUT2D eigenvalue weighted by Crippen LogP contribution is -2.39. The highest BCUT2D eigenvalue weighted by Gasteiger charge is 2.36. The van der Waals surface area contributed by atoms with E-state index in [0.29, 0.717) is 12.2 Å². The van der Waals surface area contributed by atoms with E-state index in [1.165, 1.54) is 90.1 Å². The molecule has 0 radical (unpaired) electrons. The first kappa shape index (κ1) is 21.2. The summed E-state index contributed by atoms with van der Waals surface area (Å²) in [5, 5.41) is 3.50. The van der Waals surface area contributed by atoms with Crippen LogP contribution in [0.5, 0.6) is 0 Å². The minimum atomic E-state index is 0.420. The van der Waals surface area contributed by atoms with Gasteiger partial charge in [-0.15, -0.1) is 0 Å². The third-order valence-corrected chi connectivity index (χ3v) is 7.22. The molecule has 148 valence electrons. The predicted molar refractivity (Wildman–Crippen MR) is 109 cm³/mol. The van der Waals surface area contributed by atoms with Gasteiger partial charge in [-0.05, 0) is 95.6 Å². The summed E-state index contributed by atoms with van der Waals surface area (Å²) in [5.41, 5.74) is 0.759. The lowest BCUT2D eigenvalue weighted by Gasteiger charge is -2.44. The Morgan fingerprint density at radius 2 is 1.48 bits per heavy atom. The maximum Gasteiger partial charge on any atom is 0.0578 e. The summed E-state index contributed by atoms with van der Waals surface area (Å²) in [4.78, 5) is 0. The van der Waals surface area contributed by atoms with Crippen LogP contribution < -0.4 is 5.32 Å². The Morgan fingerprint density at radius 3 is 2.00 bits per heavy atom. The minimum absolute atomic E-state index is 0.420. The quantitative estimate of drug-likeness (QED) is 0.638. The molecule has 3 rings (SSSR count). The summed E-state index contributed by atoms with van der Waals surface area (Å²) in [7, 11) is 0. The van der Waals surface area contributed by atoms with Crippen molar-refractivity contribution in [2.45, 2.75) is 117 Å². The van der Waals surface area contributed by atoms with Crippen molar-refractivity contribution in [1.82, 2.24) is 5.32 Å². The van der Waals surface area contributed by atoms with Gasteiger partial charge in [-0.25, -0.2) is 0 Å². The largest absolute Gasteiger partial charge is 0.376 e. The number of hydrogen-bond donors (Lipinski definition) is 1. The molecule has 25 heavy (non-hydrogen) atoms. The molecule has 0 aromatic carbocycles. The molecule has 2 aliphatic carbocycles. The van der Waals surface area contributed by atoms with Gasteiger partial charge in [0, 0.05) is 0 Å². The fourth-order valence-corrected chi connectivity index (χ4v) is 5.20. The molecule has 2 heteroatoms. The van der Waals surface area contributed by atoms with Crippen LogP contribution >= 0.6 is 0 Å². The lowest BCUT2D eigenvalue weighted by molar-refractivity contribution is -0.0117. The highest BCUT2D eigenvalue weighted by Crippen LogP contribution is 2.47. The van der Waals surface area contributed by atoms with Gasteiger partial charge in [0.25, 0.3) is 0 Å². The number of hydrogen-bond acceptors (Lipinski definition) is 2. The van der Waals surface area contributed by atoms with Gasteiger partial charge >= 0.3 is 0 Å². The van der Waals surface area contributed by atoms with E-state index in [4.69, 9.17) is 4.74 Å². The Bertz CT molecular complexity index is 332. The van der Waals surface area contributed by atoms with Gasteiger partial charge in [-0.2, -0.15) is 0 Å². The van der Waals surface area contributed by atoms with Crippen LogP contribution in [0.1, 0.15) is 105 Å². The number of piperidine rings is 1. The van der Waals surface area contributed by atoms with Gasteiger partial charge in [0.1, 0.15) is 0 Å². The second-order valence-corrected chi connectivity index (χ2v) is 9.42. The van der Waals surface area contributed by atoms with Gasteiger partial charge in [0.15, 0.2) is 0 Å². The molecule has 1 spiro atoms. The first-order chi connectivity index (χ1) is 12.0. The molecule has 0 aromatic heterocycles. The standard InChI is InChI=1S/C14H27N.C9H18O/c1-3-12(2)13-4-6-14(7-5-13)8-10-15-11-9-14;1-8(2)10-9-6-4-3-5-7-9/h12-13,15H,3-11H2,1-2H3;8-9H,3-7H2,1-2H3. The van der Waals surface area contributed by atoms with Crippen molar-refractivity contribution in [3.63, 3.8) is 0 Å². The summed E-state index contributed by atoms with van der Waals surface area (Å²) in [6.45, 7) is 11.6. The van der Waals surface area contributed by atoms with Gasteiger partial charge in [-0.1, -0.05) is 39.5 Å². The van der Waals surface area contributed by atoms with Crippen LogP contribution in [0, 0.1) is 17.3 Å². The van der Waals surface area contributed by atoms with Crippen molar-refractivity contribution in [2.24, 2.45) is 17.3 Å². The van der Waals surface area contributed by atoms with E-state index in [-0.39, 0.29) is 0 Å². The monoisotopic (exact) mass is 351 g/mol. The highest BCUT2D eigenvalue weighted by molar-refractivity contribution is 4.90. The van der Waals surface area contributed by atoms with Gasteiger partial charge in [0.2, 0.25) is 0 Å². The molecule has 0 aromatic rings. The Labute approximate surface area is 157 Å². The number of ether oxygens (including phenoxy) is 1. The van der Waals surface area contributed by atoms with E-state index < -0.39 is 0 Å². The normalized spacial score (nSPS) is 26.3. The zero-order valence-corrected chi connectivity index (χ0v) is 17.6. The topological polar surface area (TPSA) is 21.3 Å². The molecule has 2 saturated carbocycles. The number of nitrogens with one attached hydrogen (secondary N) is 1. The van der Waals surface area contributed by atoms with Crippen LogP contribution in [-0.4, -0.2) is 25.3 Å². The second kappa shape index (κ2) is 10.9. The second-order valence-electron chi connectivity index (χ2n) is 9.42. The van der Waals surface area contributed by atoms with Gasteiger partial charge < -0.3 is 10.1 Å². The van der Waals surface area contributed by atoms with E-state index in [0.717, 1.165) is 17.3 Å². The van der Waals surface area contributed by atoms with Crippen molar-refractivity contribution in [1.29, 1.82) is 0 Å². The van der Waals surface area contributed by atoms with E-state index in [9.17, 15) is 0 Å². The predicted octanol–water partition coefficient (Wildman–Crippen LogP) is 6.34. The smallest absolute Gasteiger partial charge is 0.0578 e. The van der Waals surface area contributed by atoms with Crippen LogP contribution in [-0.2, 0) is 4.74 Å². The first-order valence-electron chi connectivity index (χ1n) is 11.4. The molecule has 1 unspecified atom stereocenters. The molecule has 3 fully saturated rings. The van der Waals surface area contributed by atoms with E-state index in [1.54, 1.807) is 0 Å². The maximum absolute atomic E-state index is 5.69. The van der Waals surface area contributed by atoms with Crippen LogP contribution in [0.15, 0.2) is 0 Å². The summed E-state index contributed by atoms with van der Waals surface area (Å²) in [5.74, 6) is 2.00. The SMILES string of the molecule is CC(C)OC1CCCCC1.CCC(C)C1CCC2(CCNCC2)CC1. The molecule has 1 atom stereocenters. The fraction of sp³-hybridized carbons (Fsp3) is 1.00. The van der Waals surface area contributed by atoms with Crippen LogP contribution in [0.2, 0.25) is 0 Å². The van der Waals surface area contributed by atoms with E-state index in [2.05, 4.69) is 33.0 Å². The van der Waals surface area contributed by atoms with E-state index in [1.807, 2.05) is 0 Å². The molecular weight excluding hydrogens is 306 g/mol. The van der Waals surface area contributed by atoms with Crippen molar-refractivity contribution < 1.29 is 4.74 Å². The first-order valence-corrected chi connectivity index (χ1v) is 11.4. The third-order valence-electron chi connectivity index (χ3n) is 7.22. The third kappa shape index (κ3) is 7.21. The Kier molecular flexibility index (Phi) is 9.27. The van der Waals surface area contributed by atoms with Crippen molar-refractivity contribution in [3.05, 3.63) is 0 Å². The highest BCUT2D eigenvalue weighted by atomic mass is 16.5. The van der Waals surface area contributed by atoms with Gasteiger partial charge in [0.05, 0.1) is 12.2 Å². The summed E-state index contributed by atoms with van der Waals surface area (Å²) in [6.07, 6.45) is 18.1. The van der Waals surface area contributed by atoms with Crippen LogP contribution in [0.25, 0.3) is 0 Å². The Balaban J connectivity index is 0.000000196. The lowest BCUT2D eigenvalue weighted by atomic mass is 9.63. The molecule has 0 bridgehead atoms. The van der Waals surface area contributed by atoms with Crippen molar-refractivity contribution >= 4 is 0 Å². The molecule has 1 saturated heterocycles. The average molecular weight is 352 g/mol. The molecule has 1 heterocycles. The molecule has 1 N–H and O–H groups in total. The maximum atomic E-state index is 5.69. The average Bonchev–Trinajstić information content (AvgIpc) is 2.63. The van der Waals surface area contributed by atoms with Gasteiger partial charge in [-0.3, -0.25) is 0 Å². The molecular formula is C23H45NO. The summed E-state index contributed by atoms with van der Waals surface area (Å²) in [6, 6.07) is 0. The Morgan fingerprint density at radius 1 is 0.880 bits per heavy atom. The van der Waals surface area contributed by atoms with Crippen molar-refractivity contribution in [3.8, 4) is 0 Å². The molecule has 2 nitrogen and oxygen atoms in total.